The van der Waals surface area contributed by atoms with Crippen molar-refractivity contribution < 1.29 is 9.84 Å². The van der Waals surface area contributed by atoms with E-state index in [1.54, 1.807) is 11.3 Å². The SMILES string of the molecule is OC1CN(C2CCN(Cc3cc4sc(Cl)cc4c(N4CCOCC4)n3)CC2)C1. The molecule has 1 N–H and O–H groups in total. The fourth-order valence-corrected chi connectivity index (χ4v) is 5.79. The van der Waals surface area contributed by atoms with Gasteiger partial charge < -0.3 is 14.7 Å². The van der Waals surface area contributed by atoms with E-state index in [-0.39, 0.29) is 6.10 Å². The minimum Gasteiger partial charge on any atom is -0.390 e. The number of fused-ring (bicyclic) bond motifs is 1. The van der Waals surface area contributed by atoms with Crippen molar-refractivity contribution in [1.29, 1.82) is 0 Å². The molecule has 2 aromatic rings. The minimum atomic E-state index is -0.106. The molecule has 2 aromatic heterocycles. The van der Waals surface area contributed by atoms with E-state index in [9.17, 15) is 5.11 Å². The Morgan fingerprint density at radius 3 is 2.61 bits per heavy atom. The van der Waals surface area contributed by atoms with Gasteiger partial charge in [0, 0.05) is 61.9 Å². The summed E-state index contributed by atoms with van der Waals surface area (Å²) < 4.78 is 7.56. The van der Waals surface area contributed by atoms with Gasteiger partial charge in [-0.25, -0.2) is 4.98 Å². The van der Waals surface area contributed by atoms with Crippen LogP contribution in [-0.4, -0.2) is 84.5 Å². The Kier molecular flexibility index (Phi) is 5.47. The van der Waals surface area contributed by atoms with Crippen molar-refractivity contribution in [3.63, 3.8) is 0 Å². The second kappa shape index (κ2) is 8.05. The quantitative estimate of drug-likeness (QED) is 0.816. The fraction of sp³-hybridized carbons (Fsp3) is 0.650. The van der Waals surface area contributed by atoms with E-state index in [1.165, 1.54) is 17.5 Å². The summed E-state index contributed by atoms with van der Waals surface area (Å²) in [5.74, 6) is 1.06. The molecule has 0 atom stereocenters. The Morgan fingerprint density at radius 1 is 1.14 bits per heavy atom. The molecular formula is C20H27ClN4O2S. The second-order valence-electron chi connectivity index (χ2n) is 8.11. The van der Waals surface area contributed by atoms with Crippen LogP contribution in [-0.2, 0) is 11.3 Å². The highest BCUT2D eigenvalue weighted by molar-refractivity contribution is 7.22. The highest BCUT2D eigenvalue weighted by atomic mass is 35.5. The number of aromatic nitrogens is 1. The molecule has 3 aliphatic rings. The van der Waals surface area contributed by atoms with E-state index in [4.69, 9.17) is 21.3 Å². The number of aliphatic hydroxyl groups is 1. The van der Waals surface area contributed by atoms with Crippen LogP contribution in [0.1, 0.15) is 18.5 Å². The number of piperidine rings is 1. The molecule has 5 rings (SSSR count). The monoisotopic (exact) mass is 422 g/mol. The van der Waals surface area contributed by atoms with Crippen molar-refractivity contribution in [3.8, 4) is 0 Å². The molecule has 3 saturated heterocycles. The highest BCUT2D eigenvalue weighted by Gasteiger charge is 2.33. The summed E-state index contributed by atoms with van der Waals surface area (Å²) >= 11 is 7.97. The van der Waals surface area contributed by atoms with Gasteiger partial charge in [0.25, 0.3) is 0 Å². The van der Waals surface area contributed by atoms with Gasteiger partial charge in [-0.3, -0.25) is 9.80 Å². The Labute approximate surface area is 174 Å². The lowest BCUT2D eigenvalue weighted by Gasteiger charge is -2.45. The summed E-state index contributed by atoms with van der Waals surface area (Å²) in [6, 6.07) is 4.90. The smallest absolute Gasteiger partial charge is 0.137 e. The number of hydrogen-bond acceptors (Lipinski definition) is 7. The minimum absolute atomic E-state index is 0.106. The zero-order chi connectivity index (χ0) is 19.1. The van der Waals surface area contributed by atoms with Crippen molar-refractivity contribution in [2.24, 2.45) is 0 Å². The predicted molar refractivity (Wildman–Crippen MR) is 114 cm³/mol. The van der Waals surface area contributed by atoms with E-state index < -0.39 is 0 Å². The average molecular weight is 423 g/mol. The maximum absolute atomic E-state index is 9.54. The first-order chi connectivity index (χ1) is 13.7. The first-order valence-electron chi connectivity index (χ1n) is 10.2. The second-order valence-corrected chi connectivity index (χ2v) is 9.83. The predicted octanol–water partition coefficient (Wildman–Crippen LogP) is 2.43. The summed E-state index contributed by atoms with van der Waals surface area (Å²) in [6.45, 7) is 8.05. The zero-order valence-electron chi connectivity index (χ0n) is 16.0. The number of anilines is 1. The van der Waals surface area contributed by atoms with Gasteiger partial charge in [-0.2, -0.15) is 0 Å². The number of likely N-dealkylation sites (tertiary alicyclic amines) is 2. The van der Waals surface area contributed by atoms with Crippen molar-refractivity contribution in [3.05, 3.63) is 22.2 Å². The standard InChI is InChI=1S/C20H27ClN4O2S/c21-19-10-17-18(28-19)9-14(22-20(17)24-5-7-27-8-6-24)11-23-3-1-15(2-4-23)25-12-16(26)13-25/h9-10,15-16,26H,1-8,11-13H2. The lowest BCUT2D eigenvalue weighted by Crippen LogP contribution is -2.57. The number of morpholine rings is 1. The van der Waals surface area contributed by atoms with Crippen LogP contribution >= 0.6 is 22.9 Å². The molecule has 8 heteroatoms. The summed E-state index contributed by atoms with van der Waals surface area (Å²) in [5.41, 5.74) is 1.13. The van der Waals surface area contributed by atoms with Crippen LogP contribution in [0.25, 0.3) is 10.1 Å². The van der Waals surface area contributed by atoms with Gasteiger partial charge in [-0.05, 0) is 25.0 Å². The third-order valence-corrected chi connectivity index (χ3v) is 7.39. The Balaban J connectivity index is 1.30. The molecule has 3 fully saturated rings. The average Bonchev–Trinajstić information content (AvgIpc) is 3.06. The van der Waals surface area contributed by atoms with Crippen molar-refractivity contribution in [2.45, 2.75) is 31.5 Å². The van der Waals surface area contributed by atoms with E-state index in [2.05, 4.69) is 26.8 Å². The molecule has 28 heavy (non-hydrogen) atoms. The van der Waals surface area contributed by atoms with Crippen molar-refractivity contribution in [2.75, 3.05) is 57.4 Å². The summed E-state index contributed by atoms with van der Waals surface area (Å²) in [7, 11) is 0. The highest BCUT2D eigenvalue weighted by Crippen LogP contribution is 2.36. The van der Waals surface area contributed by atoms with Crippen LogP contribution in [0.15, 0.2) is 12.1 Å². The molecule has 6 nitrogen and oxygen atoms in total. The van der Waals surface area contributed by atoms with Crippen molar-refractivity contribution in [1.82, 2.24) is 14.8 Å². The number of rotatable bonds is 4. The molecule has 0 radical (unpaired) electrons. The van der Waals surface area contributed by atoms with E-state index in [0.717, 1.165) is 80.3 Å². The molecule has 0 bridgehead atoms. The first-order valence-corrected chi connectivity index (χ1v) is 11.4. The lowest BCUT2D eigenvalue weighted by molar-refractivity contribution is -0.0402. The fourth-order valence-electron chi connectivity index (χ4n) is 4.59. The van der Waals surface area contributed by atoms with E-state index in [1.807, 2.05) is 0 Å². The number of aliphatic hydroxyl groups excluding tert-OH is 1. The van der Waals surface area contributed by atoms with Gasteiger partial charge in [0.1, 0.15) is 5.82 Å². The Bertz CT molecular complexity index is 827. The van der Waals surface area contributed by atoms with Gasteiger partial charge in [0.05, 0.1) is 29.3 Å². The molecule has 0 amide bonds. The third-order valence-electron chi connectivity index (χ3n) is 6.18. The summed E-state index contributed by atoms with van der Waals surface area (Å²) in [4.78, 5) is 12.3. The molecule has 152 valence electrons. The number of pyridine rings is 1. The zero-order valence-corrected chi connectivity index (χ0v) is 17.6. The van der Waals surface area contributed by atoms with Gasteiger partial charge in [-0.15, -0.1) is 11.3 Å². The largest absolute Gasteiger partial charge is 0.390 e. The number of halogens is 1. The summed E-state index contributed by atoms with van der Waals surface area (Å²) in [5, 5.41) is 10.7. The molecule has 3 aliphatic heterocycles. The van der Waals surface area contributed by atoms with Crippen LogP contribution in [0.3, 0.4) is 0 Å². The molecule has 0 unspecified atom stereocenters. The van der Waals surface area contributed by atoms with Crippen LogP contribution in [0.4, 0.5) is 5.82 Å². The normalized spacial score (nSPS) is 23.4. The number of nitrogens with zero attached hydrogens (tertiary/aromatic N) is 4. The van der Waals surface area contributed by atoms with Crippen molar-refractivity contribution >= 4 is 38.8 Å². The topological polar surface area (TPSA) is 52.1 Å². The molecular weight excluding hydrogens is 396 g/mol. The summed E-state index contributed by atoms with van der Waals surface area (Å²) in [6.07, 6.45) is 2.25. The maximum Gasteiger partial charge on any atom is 0.137 e. The molecule has 5 heterocycles. The van der Waals surface area contributed by atoms with Crippen LogP contribution in [0, 0.1) is 0 Å². The van der Waals surface area contributed by atoms with E-state index in [0.29, 0.717) is 6.04 Å². The van der Waals surface area contributed by atoms with E-state index >= 15 is 0 Å². The third kappa shape index (κ3) is 3.88. The lowest BCUT2D eigenvalue weighted by atomic mass is 9.98. The number of hydrogen-bond donors (Lipinski definition) is 1. The number of β-amino-alcohol motifs (C(OH)–C–C–N with tert-alkyl or cyclic N) is 1. The Morgan fingerprint density at radius 2 is 1.89 bits per heavy atom. The molecule has 0 aromatic carbocycles. The van der Waals surface area contributed by atoms with Crippen LogP contribution in [0.2, 0.25) is 4.34 Å². The van der Waals surface area contributed by atoms with Gasteiger partial charge >= 0.3 is 0 Å². The first kappa shape index (κ1) is 19.0. The van der Waals surface area contributed by atoms with Gasteiger partial charge in [0.15, 0.2) is 0 Å². The number of thiophene rings is 1. The molecule has 0 saturated carbocycles. The Hall–Kier alpha value is -0.960. The molecule has 0 aliphatic carbocycles. The maximum atomic E-state index is 9.54. The van der Waals surface area contributed by atoms with Gasteiger partial charge in [-0.1, -0.05) is 11.6 Å². The molecule has 0 spiro atoms. The van der Waals surface area contributed by atoms with Crippen LogP contribution in [0.5, 0.6) is 0 Å². The number of ether oxygens (including phenoxy) is 1. The van der Waals surface area contributed by atoms with Crippen LogP contribution < -0.4 is 4.90 Å². The van der Waals surface area contributed by atoms with Gasteiger partial charge in [0.2, 0.25) is 0 Å².